The maximum atomic E-state index is 14.3. The Hall–Kier alpha value is -4.33. The minimum atomic E-state index is -1.91. The van der Waals surface area contributed by atoms with E-state index in [4.69, 9.17) is 25.8 Å². The first-order valence-corrected chi connectivity index (χ1v) is 25.0. The van der Waals surface area contributed by atoms with Gasteiger partial charge in [0.2, 0.25) is 23.6 Å². The van der Waals surface area contributed by atoms with E-state index in [1.54, 1.807) is 44.2 Å². The number of thioether (sulfide) groups is 1. The highest BCUT2D eigenvalue weighted by molar-refractivity contribution is 8.00. The average Bonchev–Trinajstić information content (AvgIpc) is 3.94. The molecule has 0 radical (unpaired) electrons. The van der Waals surface area contributed by atoms with E-state index in [0.29, 0.717) is 30.6 Å². The largest absolute Gasteiger partial charge is 0.457 e. The lowest BCUT2D eigenvalue weighted by Gasteiger charge is -2.42. The topological polar surface area (TPSA) is 233 Å². The van der Waals surface area contributed by atoms with Gasteiger partial charge in [0.15, 0.2) is 5.72 Å². The maximum Gasteiger partial charge on any atom is 0.409 e. The number of esters is 1. The average molecular weight is 988 g/mol. The van der Waals surface area contributed by atoms with Crippen molar-refractivity contribution in [1.82, 2.24) is 15.1 Å². The summed E-state index contributed by atoms with van der Waals surface area (Å²) in [5.41, 5.74) is -0.970. The van der Waals surface area contributed by atoms with Crippen LogP contribution in [0.4, 0.5) is 10.5 Å². The molecule has 1 aromatic carbocycles. The van der Waals surface area contributed by atoms with Crippen LogP contribution in [-0.2, 0) is 56.0 Å². The van der Waals surface area contributed by atoms with E-state index < -0.39 is 96.3 Å². The number of nitrogens with zero attached hydrogens (tertiary/aromatic N) is 3. The number of aliphatic hydroxyl groups is 3. The first kappa shape index (κ1) is 53.0. The van der Waals surface area contributed by atoms with Crippen molar-refractivity contribution in [2.75, 3.05) is 37.9 Å². The fourth-order valence-corrected chi connectivity index (χ4v) is 11.4. The van der Waals surface area contributed by atoms with Gasteiger partial charge in [0.1, 0.15) is 29.6 Å². The van der Waals surface area contributed by atoms with Gasteiger partial charge in [0, 0.05) is 69.8 Å². The molecule has 1 aromatic rings. The number of likely N-dealkylation sites (tertiary alicyclic amines) is 1. The van der Waals surface area contributed by atoms with Crippen LogP contribution in [-0.4, -0.2) is 141 Å². The first-order valence-electron chi connectivity index (χ1n) is 23.6. The fraction of sp³-hybridized carbons (Fsp3) is 0.653. The Morgan fingerprint density at radius 2 is 1.79 bits per heavy atom. The van der Waals surface area contributed by atoms with E-state index in [9.17, 15) is 48.9 Å². The predicted molar refractivity (Wildman–Crippen MR) is 253 cm³/mol. The number of likely N-dealkylation sites (N-methyl/N-ethyl adjacent to an activating group) is 1. The lowest BCUT2D eigenvalue weighted by Crippen LogP contribution is -2.62. The van der Waals surface area contributed by atoms with E-state index in [2.05, 4.69) is 5.32 Å². The molecule has 4 N–H and O–H groups in total. The highest BCUT2D eigenvalue weighted by Gasteiger charge is 2.64. The summed E-state index contributed by atoms with van der Waals surface area (Å²) in [6.07, 6.45) is 4.64. The van der Waals surface area contributed by atoms with Gasteiger partial charge in [-0.05, 0) is 76.0 Å². The van der Waals surface area contributed by atoms with Crippen LogP contribution in [0.25, 0.3) is 0 Å². The Balaban J connectivity index is 1.15. The zero-order valence-electron chi connectivity index (χ0n) is 40.0. The molecule has 4 heterocycles. The number of anilines is 1. The maximum absolute atomic E-state index is 14.3. The third-order valence-electron chi connectivity index (χ3n) is 14.7. The molecule has 374 valence electrons. The number of nitrogens with one attached hydrogen (secondary N) is 1. The molecule has 4 fully saturated rings. The minimum Gasteiger partial charge on any atom is -0.457 e. The Morgan fingerprint density at radius 3 is 2.46 bits per heavy atom. The minimum absolute atomic E-state index is 0.0361. The number of alkyl carbamates (subject to hydrolysis) is 1. The quantitative estimate of drug-likeness (QED) is 0.120. The molecule has 1 saturated carbocycles. The van der Waals surface area contributed by atoms with Gasteiger partial charge in [-0.3, -0.25) is 34.2 Å². The number of amides is 5. The van der Waals surface area contributed by atoms with Crippen molar-refractivity contribution in [3.8, 4) is 0 Å². The Bertz CT molecular complexity index is 2180. The molecular formula is C49H67ClN4O13S. The molecule has 0 aromatic heterocycles. The van der Waals surface area contributed by atoms with E-state index in [1.807, 2.05) is 13.8 Å². The van der Waals surface area contributed by atoms with E-state index in [1.165, 1.54) is 47.5 Å². The number of rotatable bonds is 13. The highest BCUT2D eigenvalue weighted by Crippen LogP contribution is 2.49. The van der Waals surface area contributed by atoms with E-state index in [-0.39, 0.29) is 59.5 Å². The number of carbonyl (C=O) groups excluding carboxylic acids is 7. The first-order chi connectivity index (χ1) is 32.1. The van der Waals surface area contributed by atoms with E-state index >= 15 is 0 Å². The monoisotopic (exact) mass is 986 g/mol. The number of epoxide rings is 1. The summed E-state index contributed by atoms with van der Waals surface area (Å²) >= 11 is 7.99. The number of aliphatic hydroxyl groups excluding tert-OH is 2. The van der Waals surface area contributed by atoms with Gasteiger partial charge < -0.3 is 39.3 Å². The number of benzene rings is 1. The number of hydrogen-bond acceptors (Lipinski definition) is 14. The Labute approximate surface area is 407 Å². The third-order valence-corrected chi connectivity index (χ3v) is 16.3. The molecular weight excluding hydrogens is 920 g/mol. The van der Waals surface area contributed by atoms with Gasteiger partial charge in [-0.1, -0.05) is 55.3 Å². The lowest BCUT2D eigenvalue weighted by molar-refractivity contribution is -0.162. The molecule has 5 amide bonds. The summed E-state index contributed by atoms with van der Waals surface area (Å²) in [6.45, 7) is 8.04. The summed E-state index contributed by atoms with van der Waals surface area (Å²) in [4.78, 5) is 97.1. The standard InChI is InChI=1S/C49H67ClN4O13S/c1-8-36(57)32-14-12-30(13-15-32)24-54-42(60)21-38(45(54)61)68-17-16-40(58)52(6)29(4)46(62)66-39-22-41(59)53(7)35-20-31(19-33(25-55)43(35)50)18-27(2)10-9-11-34(26-56)49(64)23-37(65-47(63)51-49)28(3)44-48(39,5)67-44/h9-11,19-20,28-30,32,34,37-39,44,55-56,64H,8,12-18,21-26H2,1-7H3,(H,51,63)/b11-9+,27-10+/t28-,29+,30?,32?,34+,37+,38?,39+,44?,48+,49+/m1/s1. The molecule has 5 aliphatic rings. The number of hydrogen-bond donors (Lipinski definition) is 4. The molecule has 17 nitrogen and oxygen atoms in total. The lowest BCUT2D eigenvalue weighted by atomic mass is 9.79. The van der Waals surface area contributed by atoms with Crippen molar-refractivity contribution in [2.24, 2.45) is 23.7 Å². The summed E-state index contributed by atoms with van der Waals surface area (Å²) in [5.74, 6) is -3.17. The van der Waals surface area contributed by atoms with Crippen LogP contribution in [0.1, 0.15) is 104 Å². The van der Waals surface area contributed by atoms with Crippen molar-refractivity contribution < 1.29 is 63.1 Å². The van der Waals surface area contributed by atoms with Crippen molar-refractivity contribution in [3.63, 3.8) is 0 Å². The molecule has 19 heteroatoms. The fourth-order valence-electron chi connectivity index (χ4n) is 9.96. The van der Waals surface area contributed by atoms with Gasteiger partial charge in [0.25, 0.3) is 0 Å². The molecule has 0 spiro atoms. The second-order valence-electron chi connectivity index (χ2n) is 19.3. The van der Waals surface area contributed by atoms with Crippen molar-refractivity contribution in [3.05, 3.63) is 52.1 Å². The predicted octanol–water partition coefficient (Wildman–Crippen LogP) is 4.63. The molecule has 4 bridgehead atoms. The van der Waals surface area contributed by atoms with Crippen LogP contribution in [0.3, 0.4) is 0 Å². The molecule has 6 rings (SSSR count). The Kier molecular flexibility index (Phi) is 17.3. The molecule has 3 saturated heterocycles. The van der Waals surface area contributed by atoms with Crippen LogP contribution in [0.5, 0.6) is 0 Å². The van der Waals surface area contributed by atoms with Gasteiger partial charge >= 0.3 is 12.1 Å². The molecule has 4 aliphatic heterocycles. The summed E-state index contributed by atoms with van der Waals surface area (Å²) in [5, 5.41) is 34.4. The zero-order valence-corrected chi connectivity index (χ0v) is 41.6. The molecule has 9 atom stereocenters. The van der Waals surface area contributed by atoms with Crippen LogP contribution >= 0.6 is 23.4 Å². The number of allylic oxidation sites excluding steroid dienone is 3. The Morgan fingerprint density at radius 1 is 1.09 bits per heavy atom. The van der Waals surface area contributed by atoms with Crippen LogP contribution in [0, 0.1) is 23.7 Å². The number of ketones is 1. The second kappa shape index (κ2) is 22.2. The van der Waals surface area contributed by atoms with Gasteiger partial charge in [-0.15, -0.1) is 11.8 Å². The van der Waals surface area contributed by atoms with Crippen molar-refractivity contribution >= 4 is 70.5 Å². The number of fused-ring (bicyclic) bond motifs is 5. The van der Waals surface area contributed by atoms with E-state index in [0.717, 1.165) is 36.8 Å². The number of imide groups is 1. The second-order valence-corrected chi connectivity index (χ2v) is 21.0. The van der Waals surface area contributed by atoms with Gasteiger partial charge in [0.05, 0.1) is 41.7 Å². The van der Waals surface area contributed by atoms with Gasteiger partial charge in [-0.25, -0.2) is 9.59 Å². The summed E-state index contributed by atoms with van der Waals surface area (Å²) in [7, 11) is 2.97. The number of carbonyl (C=O) groups is 7. The van der Waals surface area contributed by atoms with Crippen LogP contribution in [0.2, 0.25) is 5.02 Å². The SMILES string of the molecule is CCC(=O)C1CCC(CN2C(=O)CC(SCCC(=O)N(C)[C@@H](C)C(=O)O[C@H]3CC(=O)N(C)c4cc(cc(CO)c4Cl)C/C(C)=C/C=C/[C@@H](CO)[C@@]4(O)C[C@H](OC(=O)N4)[C@@H](C)C4O[C@]43C)C2=O)CC1. The highest BCUT2D eigenvalue weighted by atomic mass is 35.5. The summed E-state index contributed by atoms with van der Waals surface area (Å²) in [6, 6.07) is 2.32. The van der Waals surface area contributed by atoms with Crippen LogP contribution in [0.15, 0.2) is 35.9 Å². The number of ether oxygens (including phenoxy) is 3. The van der Waals surface area contributed by atoms with Gasteiger partial charge in [-0.2, -0.15) is 0 Å². The molecule has 1 aliphatic carbocycles. The number of Topliss-reactive ketones (excluding diaryl/α,β-unsaturated/α-hetero) is 1. The smallest absolute Gasteiger partial charge is 0.409 e. The normalized spacial score (nSPS) is 32.8. The zero-order chi connectivity index (χ0) is 49.8. The van der Waals surface area contributed by atoms with Crippen molar-refractivity contribution in [2.45, 2.75) is 146 Å². The summed E-state index contributed by atoms with van der Waals surface area (Å²) < 4.78 is 18.1. The third kappa shape index (κ3) is 11.8. The van der Waals surface area contributed by atoms with Crippen LogP contribution < -0.4 is 10.2 Å². The molecule has 68 heavy (non-hydrogen) atoms. The number of halogens is 1. The van der Waals surface area contributed by atoms with Crippen molar-refractivity contribution in [1.29, 1.82) is 0 Å². The molecule has 2 unspecified atom stereocenters.